The molecule has 140 valence electrons. The summed E-state index contributed by atoms with van der Waals surface area (Å²) in [7, 11) is 3.24. The van der Waals surface area contributed by atoms with E-state index in [1.165, 1.54) is 0 Å². The smallest absolute Gasteiger partial charge is 0.315 e. The van der Waals surface area contributed by atoms with Crippen LogP contribution in [0.2, 0.25) is 0 Å². The molecule has 0 radical (unpaired) electrons. The molecule has 0 aromatic heterocycles. The van der Waals surface area contributed by atoms with Crippen molar-refractivity contribution in [1.82, 2.24) is 10.6 Å². The van der Waals surface area contributed by atoms with Gasteiger partial charge in [0.2, 0.25) is 0 Å². The normalized spacial score (nSPS) is 11.8. The highest BCUT2D eigenvalue weighted by Gasteiger charge is 2.16. The van der Waals surface area contributed by atoms with Gasteiger partial charge in [-0.1, -0.05) is 60.7 Å². The molecule has 0 fully saturated rings. The molecular weight excluding hydrogens is 340 g/mol. The number of amides is 2. The Morgan fingerprint density at radius 3 is 2.48 bits per heavy atom. The van der Waals surface area contributed by atoms with E-state index in [9.17, 15) is 4.79 Å². The third-order valence-corrected chi connectivity index (χ3v) is 4.54. The highest BCUT2D eigenvalue weighted by Crippen LogP contribution is 2.26. The summed E-state index contributed by atoms with van der Waals surface area (Å²) in [5, 5.41) is 8.09. The molecule has 0 aliphatic carbocycles. The third-order valence-electron chi connectivity index (χ3n) is 4.54. The minimum Gasteiger partial charge on any atom is -0.496 e. The Balaban J connectivity index is 1.59. The molecule has 0 spiro atoms. The largest absolute Gasteiger partial charge is 0.496 e. The molecule has 0 aliphatic rings. The Morgan fingerprint density at radius 1 is 0.926 bits per heavy atom. The lowest BCUT2D eigenvalue weighted by Crippen LogP contribution is -2.37. The second-order valence-electron chi connectivity index (χ2n) is 6.17. The van der Waals surface area contributed by atoms with Crippen LogP contribution in [0.25, 0.3) is 10.8 Å². The van der Waals surface area contributed by atoms with Gasteiger partial charge in [0.25, 0.3) is 0 Å². The van der Waals surface area contributed by atoms with Gasteiger partial charge in [0.1, 0.15) is 11.9 Å². The summed E-state index contributed by atoms with van der Waals surface area (Å²) in [5.41, 5.74) is 1.98. The maximum Gasteiger partial charge on any atom is 0.315 e. The number of carbonyl (C=O) groups is 1. The van der Waals surface area contributed by atoms with Crippen LogP contribution >= 0.6 is 0 Å². The minimum atomic E-state index is -0.288. The number of para-hydroxylation sites is 1. The van der Waals surface area contributed by atoms with Crippen molar-refractivity contribution in [2.24, 2.45) is 0 Å². The van der Waals surface area contributed by atoms with Gasteiger partial charge in [0, 0.05) is 25.8 Å². The number of fused-ring (bicyclic) bond motifs is 1. The first kappa shape index (κ1) is 18.7. The molecule has 5 heteroatoms. The van der Waals surface area contributed by atoms with E-state index in [0.29, 0.717) is 13.1 Å². The number of nitrogens with one attached hydrogen (secondary N) is 2. The standard InChI is InChI=1S/C22H24N2O3/c1-26-20-13-6-5-12-19(20)21(27-2)15-24-22(25)23-14-17-10-7-9-16-8-3-4-11-18(16)17/h3-13,21H,14-15H2,1-2H3,(H2,23,24,25). The average Bonchev–Trinajstić information content (AvgIpc) is 2.73. The number of ether oxygens (including phenoxy) is 2. The van der Waals surface area contributed by atoms with E-state index in [1.807, 2.05) is 48.5 Å². The van der Waals surface area contributed by atoms with E-state index < -0.39 is 0 Å². The topological polar surface area (TPSA) is 59.6 Å². The van der Waals surface area contributed by atoms with Crippen LogP contribution in [0.4, 0.5) is 4.79 Å². The van der Waals surface area contributed by atoms with Crippen LogP contribution in [0.1, 0.15) is 17.2 Å². The van der Waals surface area contributed by atoms with Crippen LogP contribution in [0.5, 0.6) is 5.75 Å². The van der Waals surface area contributed by atoms with Crippen LogP contribution in [-0.2, 0) is 11.3 Å². The summed E-state index contributed by atoms with van der Waals surface area (Å²) >= 11 is 0. The van der Waals surface area contributed by atoms with E-state index in [4.69, 9.17) is 9.47 Å². The number of methoxy groups -OCH3 is 2. The zero-order valence-corrected chi connectivity index (χ0v) is 15.6. The zero-order chi connectivity index (χ0) is 19.1. The summed E-state index contributed by atoms with van der Waals surface area (Å²) in [5.74, 6) is 0.738. The fraction of sp³-hybridized carbons (Fsp3) is 0.227. The number of rotatable bonds is 7. The fourth-order valence-corrected chi connectivity index (χ4v) is 3.12. The first-order valence-corrected chi connectivity index (χ1v) is 8.87. The first-order valence-electron chi connectivity index (χ1n) is 8.87. The predicted octanol–water partition coefficient (Wildman–Crippen LogP) is 4.04. The number of carbonyl (C=O) groups excluding carboxylic acids is 1. The molecule has 2 amide bonds. The lowest BCUT2D eigenvalue weighted by Gasteiger charge is -2.19. The SMILES string of the molecule is COc1ccccc1C(CNC(=O)NCc1cccc2ccccc12)OC. The number of hydrogen-bond donors (Lipinski definition) is 2. The third kappa shape index (κ3) is 4.57. The summed E-state index contributed by atoms with van der Waals surface area (Å²) < 4.78 is 10.9. The van der Waals surface area contributed by atoms with Crippen molar-refractivity contribution in [1.29, 1.82) is 0 Å². The second kappa shape index (κ2) is 9.05. The molecule has 1 atom stereocenters. The average molecular weight is 364 g/mol. The molecule has 3 rings (SSSR count). The molecule has 5 nitrogen and oxygen atoms in total. The van der Waals surface area contributed by atoms with Gasteiger partial charge in [0.15, 0.2) is 0 Å². The Morgan fingerprint density at radius 2 is 1.67 bits per heavy atom. The zero-order valence-electron chi connectivity index (χ0n) is 15.6. The van der Waals surface area contributed by atoms with Crippen LogP contribution in [0, 0.1) is 0 Å². The van der Waals surface area contributed by atoms with Crippen molar-refractivity contribution in [3.63, 3.8) is 0 Å². The molecule has 3 aromatic rings. The van der Waals surface area contributed by atoms with Gasteiger partial charge >= 0.3 is 6.03 Å². The van der Waals surface area contributed by atoms with E-state index in [-0.39, 0.29) is 12.1 Å². The number of hydrogen-bond acceptors (Lipinski definition) is 3. The molecule has 0 bridgehead atoms. The van der Waals surface area contributed by atoms with Gasteiger partial charge in [-0.2, -0.15) is 0 Å². The predicted molar refractivity (Wildman–Crippen MR) is 107 cm³/mol. The second-order valence-corrected chi connectivity index (χ2v) is 6.17. The fourth-order valence-electron chi connectivity index (χ4n) is 3.12. The maximum atomic E-state index is 12.2. The minimum absolute atomic E-state index is 0.236. The molecule has 0 saturated carbocycles. The van der Waals surface area contributed by atoms with Gasteiger partial charge in [-0.25, -0.2) is 4.79 Å². The van der Waals surface area contributed by atoms with E-state index in [1.54, 1.807) is 14.2 Å². The Bertz CT molecular complexity index is 905. The first-order chi connectivity index (χ1) is 13.2. The van der Waals surface area contributed by atoms with Gasteiger partial charge in [-0.3, -0.25) is 0 Å². The van der Waals surface area contributed by atoms with E-state index in [2.05, 4.69) is 28.8 Å². The maximum absolute atomic E-state index is 12.2. The molecule has 1 unspecified atom stereocenters. The Labute approximate surface area is 159 Å². The lowest BCUT2D eigenvalue weighted by atomic mass is 10.0. The molecular formula is C22H24N2O3. The van der Waals surface area contributed by atoms with E-state index >= 15 is 0 Å². The number of urea groups is 1. The van der Waals surface area contributed by atoms with Crippen molar-refractivity contribution in [3.05, 3.63) is 77.9 Å². The van der Waals surface area contributed by atoms with Crippen molar-refractivity contribution in [3.8, 4) is 5.75 Å². The van der Waals surface area contributed by atoms with E-state index in [0.717, 1.165) is 27.6 Å². The molecule has 0 aliphatic heterocycles. The highest BCUT2D eigenvalue weighted by molar-refractivity contribution is 5.86. The van der Waals surface area contributed by atoms with Gasteiger partial charge in [0.05, 0.1) is 7.11 Å². The Hall–Kier alpha value is -3.05. The van der Waals surface area contributed by atoms with Gasteiger partial charge < -0.3 is 20.1 Å². The molecule has 27 heavy (non-hydrogen) atoms. The molecule has 0 heterocycles. The number of benzene rings is 3. The summed E-state index contributed by atoms with van der Waals surface area (Å²) in [4.78, 5) is 12.2. The summed E-state index contributed by atoms with van der Waals surface area (Å²) in [6.45, 7) is 0.803. The highest BCUT2D eigenvalue weighted by atomic mass is 16.5. The molecule has 2 N–H and O–H groups in total. The molecule has 3 aromatic carbocycles. The lowest BCUT2D eigenvalue weighted by molar-refractivity contribution is 0.101. The van der Waals surface area contributed by atoms with Crippen LogP contribution in [0.3, 0.4) is 0 Å². The monoisotopic (exact) mass is 364 g/mol. The summed E-state index contributed by atoms with van der Waals surface area (Å²) in [6.07, 6.45) is -0.288. The Kier molecular flexibility index (Phi) is 6.28. The summed E-state index contributed by atoms with van der Waals surface area (Å²) in [6, 6.07) is 21.6. The van der Waals surface area contributed by atoms with Crippen LogP contribution in [-0.4, -0.2) is 26.8 Å². The van der Waals surface area contributed by atoms with Crippen LogP contribution in [0.15, 0.2) is 66.7 Å². The van der Waals surface area contributed by atoms with Crippen molar-refractivity contribution >= 4 is 16.8 Å². The van der Waals surface area contributed by atoms with Gasteiger partial charge in [-0.05, 0) is 22.4 Å². The van der Waals surface area contributed by atoms with Gasteiger partial charge in [-0.15, -0.1) is 0 Å². The van der Waals surface area contributed by atoms with Crippen molar-refractivity contribution in [2.45, 2.75) is 12.6 Å². The van der Waals surface area contributed by atoms with Crippen molar-refractivity contribution < 1.29 is 14.3 Å². The molecule has 0 saturated heterocycles. The van der Waals surface area contributed by atoms with Crippen molar-refractivity contribution in [2.75, 3.05) is 20.8 Å². The van der Waals surface area contributed by atoms with Crippen LogP contribution < -0.4 is 15.4 Å². The quantitative estimate of drug-likeness (QED) is 0.665.